The zero-order valence-electron chi connectivity index (χ0n) is 14.5. The number of carbonyl (C=O) groups excluding carboxylic acids is 4. The molecule has 1 aromatic carbocycles. The summed E-state index contributed by atoms with van der Waals surface area (Å²) < 4.78 is 5.02. The standard InChI is InChI=1S/C17H21N3O5/c1-4-5-10-18(2)14(21)11-19-15(22)16(23)20(17(19)24)12-6-8-13(25-3)9-7-12/h6-9H,4-5,10-11H2,1-3H3. The number of imide groups is 2. The molecule has 0 aromatic heterocycles. The van der Waals surface area contributed by atoms with Crippen LogP contribution in [0.25, 0.3) is 0 Å². The number of nitrogens with zero attached hydrogens (tertiary/aromatic N) is 3. The van der Waals surface area contributed by atoms with E-state index in [4.69, 9.17) is 4.74 Å². The number of hydrogen-bond acceptors (Lipinski definition) is 5. The molecule has 8 heteroatoms. The Hall–Kier alpha value is -2.90. The Bertz CT molecular complexity index is 686. The van der Waals surface area contributed by atoms with E-state index in [0.29, 0.717) is 17.2 Å². The van der Waals surface area contributed by atoms with Crippen LogP contribution >= 0.6 is 0 Å². The second-order valence-electron chi connectivity index (χ2n) is 5.68. The van der Waals surface area contributed by atoms with Gasteiger partial charge >= 0.3 is 17.8 Å². The number of benzene rings is 1. The molecule has 0 saturated carbocycles. The molecule has 0 unspecified atom stereocenters. The topological polar surface area (TPSA) is 87.2 Å². The SMILES string of the molecule is CCCCN(C)C(=O)CN1C(=O)C(=O)N(c2ccc(OC)cc2)C1=O. The minimum atomic E-state index is -1.00. The highest BCUT2D eigenvalue weighted by molar-refractivity contribution is 6.53. The number of likely N-dealkylation sites (N-methyl/N-ethyl adjacent to an activating group) is 1. The maximum atomic E-state index is 12.5. The van der Waals surface area contributed by atoms with Gasteiger partial charge in [0.1, 0.15) is 12.3 Å². The van der Waals surface area contributed by atoms with Gasteiger partial charge < -0.3 is 9.64 Å². The van der Waals surface area contributed by atoms with Gasteiger partial charge in [-0.25, -0.2) is 14.6 Å². The molecule has 8 nitrogen and oxygen atoms in total. The molecule has 25 heavy (non-hydrogen) atoms. The van der Waals surface area contributed by atoms with Crippen molar-refractivity contribution in [2.45, 2.75) is 19.8 Å². The van der Waals surface area contributed by atoms with Gasteiger partial charge in [0, 0.05) is 13.6 Å². The lowest BCUT2D eigenvalue weighted by Gasteiger charge is -2.20. The first-order valence-electron chi connectivity index (χ1n) is 7.98. The molecule has 1 aliphatic rings. The lowest BCUT2D eigenvalue weighted by molar-refractivity contribution is -0.142. The fourth-order valence-electron chi connectivity index (χ4n) is 2.38. The van der Waals surface area contributed by atoms with Crippen molar-refractivity contribution >= 4 is 29.4 Å². The van der Waals surface area contributed by atoms with E-state index in [-0.39, 0.29) is 11.6 Å². The molecule has 1 fully saturated rings. The summed E-state index contributed by atoms with van der Waals surface area (Å²) in [5.74, 6) is -1.81. The monoisotopic (exact) mass is 347 g/mol. The number of unbranched alkanes of at least 4 members (excludes halogenated alkanes) is 1. The third-order valence-electron chi connectivity index (χ3n) is 3.95. The van der Waals surface area contributed by atoms with Crippen LogP contribution in [0.5, 0.6) is 5.75 Å². The largest absolute Gasteiger partial charge is 0.497 e. The summed E-state index contributed by atoms with van der Waals surface area (Å²) in [6.45, 7) is 2.08. The Morgan fingerprint density at radius 2 is 1.76 bits per heavy atom. The van der Waals surface area contributed by atoms with Crippen LogP contribution in [0.3, 0.4) is 0 Å². The van der Waals surface area contributed by atoms with E-state index in [0.717, 1.165) is 17.7 Å². The molecule has 2 rings (SSSR count). The normalized spacial score (nSPS) is 14.3. The van der Waals surface area contributed by atoms with Crippen LogP contribution in [0.15, 0.2) is 24.3 Å². The van der Waals surface area contributed by atoms with Crippen LogP contribution in [0.4, 0.5) is 10.5 Å². The average Bonchev–Trinajstić information content (AvgIpc) is 2.83. The smallest absolute Gasteiger partial charge is 0.339 e. The van der Waals surface area contributed by atoms with Crippen LogP contribution in [0.2, 0.25) is 0 Å². The maximum absolute atomic E-state index is 12.5. The average molecular weight is 347 g/mol. The van der Waals surface area contributed by atoms with Gasteiger partial charge in [-0.3, -0.25) is 14.4 Å². The van der Waals surface area contributed by atoms with Crippen molar-refractivity contribution in [3.05, 3.63) is 24.3 Å². The van der Waals surface area contributed by atoms with Gasteiger partial charge in [0.15, 0.2) is 0 Å². The third-order valence-corrected chi connectivity index (χ3v) is 3.95. The molecule has 1 heterocycles. The summed E-state index contributed by atoms with van der Waals surface area (Å²) in [6, 6.07) is 5.33. The van der Waals surface area contributed by atoms with Crippen molar-refractivity contribution in [2.75, 3.05) is 32.1 Å². The molecule has 0 radical (unpaired) electrons. The van der Waals surface area contributed by atoms with Crippen molar-refractivity contribution in [2.24, 2.45) is 0 Å². The molecule has 134 valence electrons. The van der Waals surface area contributed by atoms with E-state index in [2.05, 4.69) is 0 Å². The van der Waals surface area contributed by atoms with Crippen molar-refractivity contribution < 1.29 is 23.9 Å². The number of hydrogen-bond donors (Lipinski definition) is 0. The minimum absolute atomic E-state index is 0.249. The molecule has 0 aliphatic carbocycles. The first kappa shape index (κ1) is 18.4. The second-order valence-corrected chi connectivity index (χ2v) is 5.68. The molecular weight excluding hydrogens is 326 g/mol. The quantitative estimate of drug-likeness (QED) is 0.547. The van der Waals surface area contributed by atoms with Gasteiger partial charge in [0.25, 0.3) is 0 Å². The number of methoxy groups -OCH3 is 1. The summed E-state index contributed by atoms with van der Waals surface area (Å²) in [5, 5.41) is 0. The van der Waals surface area contributed by atoms with Gasteiger partial charge in [-0.05, 0) is 30.7 Å². The molecule has 1 aromatic rings. The fraction of sp³-hybridized carbons (Fsp3) is 0.412. The number of anilines is 1. The first-order chi connectivity index (χ1) is 11.9. The van der Waals surface area contributed by atoms with E-state index < -0.39 is 24.4 Å². The van der Waals surface area contributed by atoms with Gasteiger partial charge in [-0.1, -0.05) is 13.3 Å². The predicted molar refractivity (Wildman–Crippen MR) is 90.1 cm³/mol. The highest BCUT2D eigenvalue weighted by Crippen LogP contribution is 2.24. The van der Waals surface area contributed by atoms with Crippen LogP contribution in [0, 0.1) is 0 Å². The molecule has 5 amide bonds. The fourth-order valence-corrected chi connectivity index (χ4v) is 2.38. The summed E-state index contributed by atoms with van der Waals surface area (Å²) in [4.78, 5) is 51.8. The number of carbonyl (C=O) groups is 4. The zero-order chi connectivity index (χ0) is 18.6. The van der Waals surface area contributed by atoms with E-state index in [1.165, 1.54) is 24.1 Å². The molecule has 0 atom stereocenters. The van der Waals surface area contributed by atoms with E-state index >= 15 is 0 Å². The van der Waals surface area contributed by atoms with Crippen LogP contribution in [0.1, 0.15) is 19.8 Å². The Morgan fingerprint density at radius 3 is 2.32 bits per heavy atom. The van der Waals surface area contributed by atoms with Crippen molar-refractivity contribution in [3.8, 4) is 5.75 Å². The molecule has 0 bridgehead atoms. The molecule has 1 saturated heterocycles. The van der Waals surface area contributed by atoms with Gasteiger partial charge in [0.05, 0.1) is 12.8 Å². The summed E-state index contributed by atoms with van der Waals surface area (Å²) >= 11 is 0. The predicted octanol–water partition coefficient (Wildman–Crippen LogP) is 1.25. The van der Waals surface area contributed by atoms with Gasteiger partial charge in [-0.2, -0.15) is 0 Å². The Labute approximate surface area is 145 Å². The highest BCUT2D eigenvalue weighted by Gasteiger charge is 2.46. The van der Waals surface area contributed by atoms with E-state index in [1.54, 1.807) is 19.2 Å². The maximum Gasteiger partial charge on any atom is 0.339 e. The van der Waals surface area contributed by atoms with Crippen LogP contribution < -0.4 is 9.64 Å². The zero-order valence-corrected chi connectivity index (χ0v) is 14.5. The Morgan fingerprint density at radius 1 is 1.12 bits per heavy atom. The summed E-state index contributed by atoms with van der Waals surface area (Å²) in [6.07, 6.45) is 1.74. The number of amides is 5. The van der Waals surface area contributed by atoms with Gasteiger partial charge in [0.2, 0.25) is 5.91 Å². The van der Waals surface area contributed by atoms with E-state index in [1.807, 2.05) is 6.92 Å². The summed E-state index contributed by atoms with van der Waals surface area (Å²) in [5.41, 5.74) is 0.249. The van der Waals surface area contributed by atoms with Crippen molar-refractivity contribution in [3.63, 3.8) is 0 Å². The number of urea groups is 1. The number of rotatable bonds is 7. The van der Waals surface area contributed by atoms with Crippen LogP contribution in [-0.2, 0) is 14.4 Å². The lowest BCUT2D eigenvalue weighted by Crippen LogP contribution is -2.42. The van der Waals surface area contributed by atoms with Crippen LogP contribution in [-0.4, -0.2) is 60.8 Å². The third kappa shape index (κ3) is 3.78. The minimum Gasteiger partial charge on any atom is -0.497 e. The van der Waals surface area contributed by atoms with Crippen molar-refractivity contribution in [1.29, 1.82) is 0 Å². The van der Waals surface area contributed by atoms with Gasteiger partial charge in [-0.15, -0.1) is 0 Å². The number of ether oxygens (including phenoxy) is 1. The first-order valence-corrected chi connectivity index (χ1v) is 7.98. The van der Waals surface area contributed by atoms with E-state index in [9.17, 15) is 19.2 Å². The highest BCUT2D eigenvalue weighted by atomic mass is 16.5. The Balaban J connectivity index is 2.14. The molecule has 0 N–H and O–H groups in total. The molecular formula is C17H21N3O5. The Kier molecular flexibility index (Phi) is 5.74. The summed E-state index contributed by atoms with van der Waals surface area (Å²) in [7, 11) is 3.10. The molecule has 0 spiro atoms. The molecule has 1 aliphatic heterocycles. The lowest BCUT2D eigenvalue weighted by atomic mass is 10.3. The van der Waals surface area contributed by atoms with Crippen molar-refractivity contribution in [1.82, 2.24) is 9.80 Å². The second kappa shape index (κ2) is 7.78.